The highest BCUT2D eigenvalue weighted by Gasteiger charge is 2.43. The van der Waals surface area contributed by atoms with E-state index in [1.807, 2.05) is 57.2 Å². The fourth-order valence-electron chi connectivity index (χ4n) is 4.40. The maximum absolute atomic E-state index is 13.2. The van der Waals surface area contributed by atoms with Crippen molar-refractivity contribution in [1.29, 1.82) is 0 Å². The second-order valence-corrected chi connectivity index (χ2v) is 10.6. The first-order chi connectivity index (χ1) is 18.0. The molecule has 0 radical (unpaired) electrons. The fraction of sp³-hybridized carbons (Fsp3) is 0.414. The van der Waals surface area contributed by atoms with Crippen molar-refractivity contribution in [2.24, 2.45) is 5.41 Å². The van der Waals surface area contributed by atoms with E-state index in [0.717, 1.165) is 12.0 Å². The average molecular weight is 523 g/mol. The molecule has 0 saturated carbocycles. The molecule has 1 spiro atoms. The Bertz CT molecular complexity index is 1230. The Kier molecular flexibility index (Phi) is 7.78. The molecule has 2 aromatic rings. The van der Waals surface area contributed by atoms with Gasteiger partial charge in [0.05, 0.1) is 37.3 Å². The van der Waals surface area contributed by atoms with Gasteiger partial charge in [0.25, 0.3) is 0 Å². The number of anilines is 1. The Hall–Kier alpha value is -3.85. The van der Waals surface area contributed by atoms with Crippen molar-refractivity contribution in [1.82, 2.24) is 4.90 Å². The third-order valence-electron chi connectivity index (χ3n) is 6.50. The van der Waals surface area contributed by atoms with Gasteiger partial charge in [-0.05, 0) is 51.0 Å². The van der Waals surface area contributed by atoms with Crippen molar-refractivity contribution in [3.8, 4) is 0 Å². The number of benzene rings is 2. The summed E-state index contributed by atoms with van der Waals surface area (Å²) < 4.78 is 21.6. The highest BCUT2D eigenvalue weighted by Crippen LogP contribution is 2.42. The molecule has 9 heteroatoms. The summed E-state index contributed by atoms with van der Waals surface area (Å²) in [5.74, 6) is -0.597. The fourth-order valence-corrected chi connectivity index (χ4v) is 4.40. The first-order valence-electron chi connectivity index (χ1n) is 12.5. The van der Waals surface area contributed by atoms with Gasteiger partial charge in [0, 0.05) is 24.6 Å². The van der Waals surface area contributed by atoms with Crippen LogP contribution in [-0.2, 0) is 25.6 Å². The minimum Gasteiger partial charge on any atom is -0.465 e. The first kappa shape index (κ1) is 27.2. The highest BCUT2D eigenvalue weighted by atomic mass is 16.6. The molecule has 2 aromatic carbocycles. The Morgan fingerprint density at radius 2 is 1.79 bits per heavy atom. The standard InChI is InChI=1S/C29H34N2O7/c1-28(2,3)38-27(34)31-14-13-29(18-36-19-29)16-24(31)21-11-12-22(25(32)35-5)23(15-21)30(4)26(33)37-17-20-9-7-6-8-10-20/h6-12,15-16H,13-14,17-19H2,1-5H3. The number of hydrogen-bond donors (Lipinski definition) is 0. The Balaban J connectivity index is 1.69. The molecule has 1 saturated heterocycles. The predicted molar refractivity (Wildman–Crippen MR) is 142 cm³/mol. The monoisotopic (exact) mass is 522 g/mol. The molecular weight excluding hydrogens is 488 g/mol. The second kappa shape index (κ2) is 10.9. The number of ether oxygens (including phenoxy) is 4. The minimum atomic E-state index is -0.667. The zero-order valence-corrected chi connectivity index (χ0v) is 22.5. The molecule has 0 aromatic heterocycles. The molecule has 0 aliphatic carbocycles. The summed E-state index contributed by atoms with van der Waals surface area (Å²) in [6.07, 6.45) is 1.68. The van der Waals surface area contributed by atoms with Crippen molar-refractivity contribution >= 4 is 29.5 Å². The molecule has 4 rings (SSSR count). The largest absolute Gasteiger partial charge is 0.465 e. The lowest BCUT2D eigenvalue weighted by Gasteiger charge is -2.45. The average Bonchev–Trinajstić information content (AvgIpc) is 2.88. The molecule has 2 aliphatic rings. The van der Waals surface area contributed by atoms with Crippen LogP contribution in [0, 0.1) is 5.41 Å². The number of methoxy groups -OCH3 is 1. The van der Waals surface area contributed by atoms with Crippen molar-refractivity contribution in [3.63, 3.8) is 0 Å². The van der Waals surface area contributed by atoms with Crippen LogP contribution < -0.4 is 4.90 Å². The molecule has 0 unspecified atom stereocenters. The number of carbonyl (C=O) groups excluding carboxylic acids is 3. The zero-order valence-electron chi connectivity index (χ0n) is 22.5. The Labute approximate surface area is 222 Å². The lowest BCUT2D eigenvalue weighted by atomic mass is 9.78. The van der Waals surface area contributed by atoms with E-state index in [9.17, 15) is 14.4 Å². The lowest BCUT2D eigenvalue weighted by Crippen LogP contribution is -2.49. The van der Waals surface area contributed by atoms with Gasteiger partial charge in [-0.1, -0.05) is 36.4 Å². The molecule has 0 atom stereocenters. The number of hydrogen-bond acceptors (Lipinski definition) is 7. The van der Waals surface area contributed by atoms with Crippen LogP contribution in [0.25, 0.3) is 5.70 Å². The smallest absolute Gasteiger partial charge is 0.414 e. The van der Waals surface area contributed by atoms with Crippen LogP contribution in [0.3, 0.4) is 0 Å². The van der Waals surface area contributed by atoms with Gasteiger partial charge in [-0.2, -0.15) is 0 Å². The summed E-state index contributed by atoms with van der Waals surface area (Å²) >= 11 is 0. The minimum absolute atomic E-state index is 0.0807. The van der Waals surface area contributed by atoms with E-state index in [2.05, 4.69) is 0 Å². The molecule has 1 fully saturated rings. The van der Waals surface area contributed by atoms with Gasteiger partial charge in [-0.3, -0.25) is 9.80 Å². The van der Waals surface area contributed by atoms with Gasteiger partial charge in [0.2, 0.25) is 0 Å². The van der Waals surface area contributed by atoms with E-state index < -0.39 is 23.8 Å². The maximum atomic E-state index is 13.2. The van der Waals surface area contributed by atoms with Crippen LogP contribution in [0.1, 0.15) is 48.7 Å². The second-order valence-electron chi connectivity index (χ2n) is 10.6. The van der Waals surface area contributed by atoms with E-state index in [0.29, 0.717) is 36.7 Å². The Morgan fingerprint density at radius 1 is 1.08 bits per heavy atom. The first-order valence-corrected chi connectivity index (χ1v) is 12.5. The number of amides is 2. The summed E-state index contributed by atoms with van der Waals surface area (Å²) in [6.45, 7) is 7.12. The van der Waals surface area contributed by atoms with E-state index in [1.54, 1.807) is 23.1 Å². The molecule has 0 N–H and O–H groups in total. The summed E-state index contributed by atoms with van der Waals surface area (Å²) in [5, 5.41) is 0. The summed E-state index contributed by atoms with van der Waals surface area (Å²) in [6, 6.07) is 14.3. The highest BCUT2D eigenvalue weighted by molar-refractivity contribution is 6.01. The predicted octanol–water partition coefficient (Wildman–Crippen LogP) is 5.24. The van der Waals surface area contributed by atoms with E-state index >= 15 is 0 Å². The SMILES string of the molecule is COC(=O)c1ccc(C2=CC3(CCN2C(=O)OC(C)(C)C)COC3)cc1N(C)C(=O)OCc1ccccc1. The van der Waals surface area contributed by atoms with Crippen molar-refractivity contribution in [2.75, 3.05) is 38.8 Å². The molecule has 38 heavy (non-hydrogen) atoms. The van der Waals surface area contributed by atoms with Crippen LogP contribution in [0.5, 0.6) is 0 Å². The third kappa shape index (κ3) is 5.99. The van der Waals surface area contributed by atoms with Crippen LogP contribution in [-0.4, -0.2) is 62.6 Å². The van der Waals surface area contributed by atoms with E-state index in [4.69, 9.17) is 18.9 Å². The van der Waals surface area contributed by atoms with Crippen LogP contribution in [0.15, 0.2) is 54.6 Å². The van der Waals surface area contributed by atoms with Gasteiger partial charge in [0.1, 0.15) is 12.2 Å². The molecule has 2 amide bonds. The van der Waals surface area contributed by atoms with Crippen molar-refractivity contribution < 1.29 is 33.3 Å². The van der Waals surface area contributed by atoms with Gasteiger partial charge < -0.3 is 18.9 Å². The molecular formula is C29H34N2O7. The molecule has 0 bridgehead atoms. The topological polar surface area (TPSA) is 94.6 Å². The Morgan fingerprint density at radius 3 is 2.39 bits per heavy atom. The van der Waals surface area contributed by atoms with E-state index in [-0.39, 0.29) is 17.6 Å². The molecule has 2 heterocycles. The van der Waals surface area contributed by atoms with Crippen LogP contribution >= 0.6 is 0 Å². The summed E-state index contributed by atoms with van der Waals surface area (Å²) in [7, 11) is 2.81. The number of nitrogens with zero attached hydrogens (tertiary/aromatic N) is 2. The van der Waals surface area contributed by atoms with E-state index in [1.165, 1.54) is 19.1 Å². The number of rotatable bonds is 5. The van der Waals surface area contributed by atoms with Gasteiger partial charge >= 0.3 is 18.2 Å². The number of esters is 1. The maximum Gasteiger partial charge on any atom is 0.414 e. The zero-order chi connectivity index (χ0) is 27.5. The van der Waals surface area contributed by atoms with Crippen LogP contribution in [0.2, 0.25) is 0 Å². The molecule has 202 valence electrons. The molecule has 2 aliphatic heterocycles. The quantitative estimate of drug-likeness (QED) is 0.391. The number of carbonyl (C=O) groups is 3. The van der Waals surface area contributed by atoms with Gasteiger partial charge in [0.15, 0.2) is 0 Å². The summed E-state index contributed by atoms with van der Waals surface area (Å²) in [5.41, 5.74) is 1.77. The van der Waals surface area contributed by atoms with Gasteiger partial charge in [-0.15, -0.1) is 0 Å². The lowest BCUT2D eigenvalue weighted by molar-refractivity contribution is -0.0917. The third-order valence-corrected chi connectivity index (χ3v) is 6.50. The van der Waals surface area contributed by atoms with Crippen molar-refractivity contribution in [2.45, 2.75) is 39.4 Å². The normalized spacial score (nSPS) is 16.2. The van der Waals surface area contributed by atoms with Gasteiger partial charge in [-0.25, -0.2) is 14.4 Å². The van der Waals surface area contributed by atoms with Crippen LogP contribution in [0.4, 0.5) is 15.3 Å². The van der Waals surface area contributed by atoms with Crippen molar-refractivity contribution in [3.05, 3.63) is 71.3 Å². The molecule has 9 nitrogen and oxygen atoms in total. The summed E-state index contributed by atoms with van der Waals surface area (Å²) in [4.78, 5) is 41.6.